The van der Waals surface area contributed by atoms with Gasteiger partial charge >= 0.3 is 0 Å². The van der Waals surface area contributed by atoms with Gasteiger partial charge in [-0.1, -0.05) is 6.07 Å². The molecular formula is C13H21FN2O2. The van der Waals surface area contributed by atoms with Crippen LogP contribution in [0.5, 0.6) is 5.75 Å². The van der Waals surface area contributed by atoms with Gasteiger partial charge < -0.3 is 20.1 Å². The second-order valence-electron chi connectivity index (χ2n) is 3.89. The first kappa shape index (κ1) is 14.9. The van der Waals surface area contributed by atoms with Crippen LogP contribution in [0.3, 0.4) is 0 Å². The molecular weight excluding hydrogens is 235 g/mol. The third-order valence-corrected chi connectivity index (χ3v) is 2.51. The molecule has 0 fully saturated rings. The number of rotatable bonds is 9. The van der Waals surface area contributed by atoms with Gasteiger partial charge in [-0.15, -0.1) is 0 Å². The molecule has 0 saturated heterocycles. The Hall–Kier alpha value is -1.17. The van der Waals surface area contributed by atoms with Crippen LogP contribution in [-0.4, -0.2) is 40.5 Å². The van der Waals surface area contributed by atoms with Crippen molar-refractivity contribution in [2.75, 3.05) is 40.5 Å². The summed E-state index contributed by atoms with van der Waals surface area (Å²) in [6, 6.07) is 4.99. The molecule has 0 unspecified atom stereocenters. The Kier molecular flexibility index (Phi) is 7.32. The largest absolute Gasteiger partial charge is 0.494 e. The Morgan fingerprint density at radius 2 is 1.89 bits per heavy atom. The van der Waals surface area contributed by atoms with Crippen molar-refractivity contribution in [2.24, 2.45) is 0 Å². The van der Waals surface area contributed by atoms with Crippen molar-refractivity contribution in [1.82, 2.24) is 10.6 Å². The van der Waals surface area contributed by atoms with Gasteiger partial charge in [0, 0.05) is 33.3 Å². The highest BCUT2D eigenvalue weighted by Crippen LogP contribution is 2.17. The second kappa shape index (κ2) is 8.85. The number of halogens is 1. The average molecular weight is 256 g/mol. The van der Waals surface area contributed by atoms with Crippen LogP contribution < -0.4 is 15.4 Å². The molecule has 5 heteroatoms. The number of hydrogen-bond acceptors (Lipinski definition) is 4. The predicted octanol–water partition coefficient (Wildman–Crippen LogP) is 1.16. The van der Waals surface area contributed by atoms with Crippen LogP contribution in [0.15, 0.2) is 18.2 Å². The normalized spacial score (nSPS) is 10.6. The first-order valence-electron chi connectivity index (χ1n) is 6.00. The number of ether oxygens (including phenoxy) is 2. The van der Waals surface area contributed by atoms with E-state index in [1.807, 2.05) is 6.07 Å². The highest BCUT2D eigenvalue weighted by atomic mass is 19.1. The molecule has 102 valence electrons. The summed E-state index contributed by atoms with van der Waals surface area (Å²) in [6.45, 7) is 3.89. The van der Waals surface area contributed by atoms with E-state index < -0.39 is 0 Å². The lowest BCUT2D eigenvalue weighted by molar-refractivity contribution is 0.199. The minimum atomic E-state index is -0.324. The molecule has 4 nitrogen and oxygen atoms in total. The molecule has 0 saturated carbocycles. The summed E-state index contributed by atoms with van der Waals surface area (Å²) in [7, 11) is 3.14. The van der Waals surface area contributed by atoms with E-state index in [1.54, 1.807) is 13.2 Å². The van der Waals surface area contributed by atoms with Gasteiger partial charge in [0.05, 0.1) is 13.7 Å². The summed E-state index contributed by atoms with van der Waals surface area (Å²) in [4.78, 5) is 0. The zero-order chi connectivity index (χ0) is 13.2. The van der Waals surface area contributed by atoms with Gasteiger partial charge in [-0.3, -0.25) is 0 Å². The maximum absolute atomic E-state index is 13.4. The Morgan fingerprint density at radius 1 is 1.11 bits per heavy atom. The minimum Gasteiger partial charge on any atom is -0.494 e. The highest BCUT2D eigenvalue weighted by molar-refractivity contribution is 5.29. The molecule has 0 aliphatic carbocycles. The van der Waals surface area contributed by atoms with E-state index in [9.17, 15) is 4.39 Å². The van der Waals surface area contributed by atoms with E-state index in [1.165, 1.54) is 13.2 Å². The summed E-state index contributed by atoms with van der Waals surface area (Å²) in [5.41, 5.74) is 0.908. The summed E-state index contributed by atoms with van der Waals surface area (Å²) in [5, 5.41) is 6.45. The van der Waals surface area contributed by atoms with Gasteiger partial charge in [0.1, 0.15) is 0 Å². The Balaban J connectivity index is 2.17. The molecule has 0 aliphatic rings. The first-order chi connectivity index (χ1) is 8.77. The monoisotopic (exact) mass is 256 g/mol. The average Bonchev–Trinajstić information content (AvgIpc) is 2.38. The van der Waals surface area contributed by atoms with Crippen LogP contribution in [0.1, 0.15) is 5.56 Å². The Labute approximate surface area is 107 Å². The van der Waals surface area contributed by atoms with E-state index in [0.29, 0.717) is 13.2 Å². The molecule has 2 N–H and O–H groups in total. The van der Waals surface area contributed by atoms with Crippen molar-refractivity contribution < 1.29 is 13.9 Å². The topological polar surface area (TPSA) is 42.5 Å². The van der Waals surface area contributed by atoms with Crippen LogP contribution in [0.25, 0.3) is 0 Å². The molecule has 0 aromatic heterocycles. The van der Waals surface area contributed by atoms with E-state index in [4.69, 9.17) is 9.47 Å². The molecule has 0 bridgehead atoms. The fourth-order valence-corrected chi connectivity index (χ4v) is 1.53. The lowest BCUT2D eigenvalue weighted by Crippen LogP contribution is -2.29. The SMILES string of the molecule is COCCNCCNCc1ccc(OC)c(F)c1. The second-order valence-corrected chi connectivity index (χ2v) is 3.89. The van der Waals surface area contributed by atoms with Crippen LogP contribution in [-0.2, 0) is 11.3 Å². The third-order valence-electron chi connectivity index (χ3n) is 2.51. The van der Waals surface area contributed by atoms with Gasteiger partial charge in [0.25, 0.3) is 0 Å². The van der Waals surface area contributed by atoms with Crippen molar-refractivity contribution in [3.8, 4) is 5.75 Å². The molecule has 1 rings (SSSR count). The van der Waals surface area contributed by atoms with E-state index in [2.05, 4.69) is 10.6 Å². The summed E-state index contributed by atoms with van der Waals surface area (Å²) in [5.74, 6) is -0.0463. The Bertz CT molecular complexity index is 348. The number of hydrogen-bond donors (Lipinski definition) is 2. The molecule has 0 spiro atoms. The molecule has 0 amide bonds. The number of nitrogens with one attached hydrogen (secondary N) is 2. The maximum Gasteiger partial charge on any atom is 0.165 e. The van der Waals surface area contributed by atoms with Crippen LogP contribution in [0, 0.1) is 5.82 Å². The molecule has 0 aliphatic heterocycles. The zero-order valence-electron chi connectivity index (χ0n) is 11.0. The molecule has 18 heavy (non-hydrogen) atoms. The first-order valence-corrected chi connectivity index (χ1v) is 6.00. The zero-order valence-corrected chi connectivity index (χ0v) is 11.0. The molecule has 1 aromatic carbocycles. The summed E-state index contributed by atoms with van der Waals surface area (Å²) >= 11 is 0. The predicted molar refractivity (Wildman–Crippen MR) is 69.4 cm³/mol. The molecule has 0 heterocycles. The van der Waals surface area contributed by atoms with Gasteiger partial charge in [0.15, 0.2) is 11.6 Å². The quantitative estimate of drug-likeness (QED) is 0.651. The van der Waals surface area contributed by atoms with E-state index in [-0.39, 0.29) is 11.6 Å². The van der Waals surface area contributed by atoms with Crippen LogP contribution >= 0.6 is 0 Å². The van der Waals surface area contributed by atoms with Crippen molar-refractivity contribution in [2.45, 2.75) is 6.54 Å². The van der Waals surface area contributed by atoms with Crippen molar-refractivity contribution in [3.63, 3.8) is 0 Å². The van der Waals surface area contributed by atoms with Gasteiger partial charge in [0.2, 0.25) is 0 Å². The lowest BCUT2D eigenvalue weighted by Gasteiger charge is -2.08. The van der Waals surface area contributed by atoms with E-state index >= 15 is 0 Å². The molecule has 0 atom stereocenters. The third kappa shape index (κ3) is 5.44. The Morgan fingerprint density at radius 3 is 2.56 bits per heavy atom. The maximum atomic E-state index is 13.4. The standard InChI is InChI=1S/C13H21FN2O2/c1-17-8-7-15-5-6-16-10-11-3-4-13(18-2)12(14)9-11/h3-4,9,15-16H,5-8,10H2,1-2H3. The smallest absolute Gasteiger partial charge is 0.165 e. The fourth-order valence-electron chi connectivity index (χ4n) is 1.53. The summed E-state index contributed by atoms with van der Waals surface area (Å²) < 4.78 is 23.2. The van der Waals surface area contributed by atoms with E-state index in [0.717, 1.165) is 25.2 Å². The van der Waals surface area contributed by atoms with Gasteiger partial charge in [-0.2, -0.15) is 0 Å². The summed E-state index contributed by atoms with van der Waals surface area (Å²) in [6.07, 6.45) is 0. The van der Waals surface area contributed by atoms with Crippen molar-refractivity contribution in [1.29, 1.82) is 0 Å². The molecule has 0 radical (unpaired) electrons. The minimum absolute atomic E-state index is 0.278. The van der Waals surface area contributed by atoms with Crippen molar-refractivity contribution >= 4 is 0 Å². The highest BCUT2D eigenvalue weighted by Gasteiger charge is 2.02. The van der Waals surface area contributed by atoms with Gasteiger partial charge in [-0.25, -0.2) is 4.39 Å². The van der Waals surface area contributed by atoms with Gasteiger partial charge in [-0.05, 0) is 17.7 Å². The fraction of sp³-hybridized carbons (Fsp3) is 0.538. The van der Waals surface area contributed by atoms with Crippen molar-refractivity contribution in [3.05, 3.63) is 29.6 Å². The number of benzene rings is 1. The number of methoxy groups -OCH3 is 2. The lowest BCUT2D eigenvalue weighted by atomic mass is 10.2. The molecule has 1 aromatic rings. The van der Waals surface area contributed by atoms with Crippen LogP contribution in [0.2, 0.25) is 0 Å². The van der Waals surface area contributed by atoms with Crippen LogP contribution in [0.4, 0.5) is 4.39 Å².